The molecule has 4 nitrogen and oxygen atoms in total. The first kappa shape index (κ1) is 19.2. The van der Waals surface area contributed by atoms with Crippen molar-refractivity contribution in [3.63, 3.8) is 0 Å². The molecule has 0 fully saturated rings. The van der Waals surface area contributed by atoms with E-state index in [0.717, 1.165) is 24.2 Å². The molecule has 126 valence electrons. The van der Waals surface area contributed by atoms with Gasteiger partial charge in [-0.3, -0.25) is 4.79 Å². The van der Waals surface area contributed by atoms with E-state index in [1.54, 1.807) is 12.3 Å². The van der Waals surface area contributed by atoms with Gasteiger partial charge in [0, 0.05) is 12.0 Å². The van der Waals surface area contributed by atoms with E-state index in [1.807, 2.05) is 24.3 Å². The van der Waals surface area contributed by atoms with Gasteiger partial charge in [0.05, 0.1) is 6.21 Å². The summed E-state index contributed by atoms with van der Waals surface area (Å²) >= 11 is 5.42. The van der Waals surface area contributed by atoms with Crippen LogP contribution in [0, 0.1) is 0 Å². The predicted octanol–water partition coefficient (Wildman–Crippen LogP) is 4.63. The number of hydrazone groups is 1. The quantitative estimate of drug-likeness (QED) is 0.364. The predicted molar refractivity (Wildman–Crippen MR) is 96.0 cm³/mol. The van der Waals surface area contributed by atoms with Gasteiger partial charge in [-0.25, -0.2) is 5.43 Å². The molecular formula is C18H25ClN2O2. The van der Waals surface area contributed by atoms with Gasteiger partial charge < -0.3 is 4.74 Å². The summed E-state index contributed by atoms with van der Waals surface area (Å²) in [6.45, 7) is 2.61. The maximum Gasteiger partial charge on any atom is 0.240 e. The van der Waals surface area contributed by atoms with Crippen molar-refractivity contribution in [1.29, 1.82) is 0 Å². The lowest BCUT2D eigenvalue weighted by atomic mass is 10.1. The minimum Gasteiger partial charge on any atom is -0.490 e. The Hall–Kier alpha value is -1.81. The fourth-order valence-corrected chi connectivity index (χ4v) is 2.03. The third kappa shape index (κ3) is 9.74. The van der Waals surface area contributed by atoms with E-state index in [9.17, 15) is 4.79 Å². The molecule has 0 spiro atoms. The Labute approximate surface area is 143 Å². The highest BCUT2D eigenvalue weighted by Crippen LogP contribution is 2.11. The van der Waals surface area contributed by atoms with Gasteiger partial charge in [0.2, 0.25) is 5.91 Å². The van der Waals surface area contributed by atoms with Crippen LogP contribution < -0.4 is 10.2 Å². The Kier molecular flexibility index (Phi) is 10.6. The highest BCUT2D eigenvalue weighted by Gasteiger charge is 1.99. The minimum absolute atomic E-state index is 0.0365. The van der Waals surface area contributed by atoms with Gasteiger partial charge in [-0.2, -0.15) is 5.10 Å². The molecule has 5 heteroatoms. The molecule has 0 saturated carbocycles. The molecule has 1 aromatic rings. The molecule has 0 aliphatic heterocycles. The second-order valence-corrected chi connectivity index (χ2v) is 5.45. The molecule has 0 aliphatic carbocycles. The third-order valence-electron chi connectivity index (χ3n) is 3.23. The fourth-order valence-electron chi connectivity index (χ4n) is 1.95. The smallest absolute Gasteiger partial charge is 0.240 e. The van der Waals surface area contributed by atoms with Crippen molar-refractivity contribution < 1.29 is 9.53 Å². The van der Waals surface area contributed by atoms with E-state index >= 15 is 0 Å². The van der Waals surface area contributed by atoms with Crippen LogP contribution in [0.4, 0.5) is 0 Å². The Morgan fingerprint density at radius 3 is 2.65 bits per heavy atom. The highest BCUT2D eigenvalue weighted by atomic mass is 35.5. The Morgan fingerprint density at radius 1 is 1.22 bits per heavy atom. The number of benzene rings is 1. The number of carbonyl (C=O) groups is 1. The first-order valence-electron chi connectivity index (χ1n) is 8.06. The molecule has 1 aromatic carbocycles. The Bertz CT molecular complexity index is 498. The average Bonchev–Trinajstić information content (AvgIpc) is 2.56. The molecule has 23 heavy (non-hydrogen) atoms. The molecule has 0 aromatic heterocycles. The summed E-state index contributed by atoms with van der Waals surface area (Å²) in [5.41, 5.74) is 4.87. The molecular weight excluding hydrogens is 312 g/mol. The lowest BCUT2D eigenvalue weighted by molar-refractivity contribution is -0.121. The minimum atomic E-state index is -0.0365. The standard InChI is InChI=1S/C18H25ClN2O2/c1-2-3-4-5-6-8-18(22)21-20-15-16-9-11-17(12-10-16)23-14-7-13-19/h7,9-13,15H,2-6,8,14H2,1H3,(H,21,22)/b13-7+,20-15-. The number of carbonyl (C=O) groups excluding carboxylic acids is 1. The Morgan fingerprint density at radius 2 is 1.96 bits per heavy atom. The van der Waals surface area contributed by atoms with Gasteiger partial charge in [0.1, 0.15) is 12.4 Å². The highest BCUT2D eigenvalue weighted by molar-refractivity contribution is 6.25. The molecule has 0 radical (unpaired) electrons. The second kappa shape index (κ2) is 12.7. The summed E-state index contributed by atoms with van der Waals surface area (Å²) in [5.74, 6) is 0.721. The molecule has 1 amide bonds. The zero-order chi connectivity index (χ0) is 16.8. The van der Waals surface area contributed by atoms with Crippen LogP contribution in [-0.4, -0.2) is 18.7 Å². The summed E-state index contributed by atoms with van der Waals surface area (Å²) in [4.78, 5) is 11.6. The third-order valence-corrected chi connectivity index (χ3v) is 3.40. The van der Waals surface area contributed by atoms with Crippen molar-refractivity contribution in [1.82, 2.24) is 5.43 Å². The molecule has 0 atom stereocenters. The zero-order valence-corrected chi connectivity index (χ0v) is 14.4. The monoisotopic (exact) mass is 336 g/mol. The number of amides is 1. The van der Waals surface area contributed by atoms with Crippen molar-refractivity contribution in [2.45, 2.75) is 45.4 Å². The van der Waals surface area contributed by atoms with Gasteiger partial charge >= 0.3 is 0 Å². The number of rotatable bonds is 11. The number of hydrogen-bond donors (Lipinski definition) is 1. The normalized spacial score (nSPS) is 11.2. The van der Waals surface area contributed by atoms with Crippen LogP contribution in [0.1, 0.15) is 51.0 Å². The molecule has 0 saturated heterocycles. The van der Waals surface area contributed by atoms with Gasteiger partial charge in [-0.1, -0.05) is 44.2 Å². The zero-order valence-electron chi connectivity index (χ0n) is 13.6. The maximum absolute atomic E-state index is 11.6. The van der Waals surface area contributed by atoms with Gasteiger partial charge in [0.15, 0.2) is 0 Å². The second-order valence-electron chi connectivity index (χ2n) is 5.20. The summed E-state index contributed by atoms with van der Waals surface area (Å²) in [6.07, 6.45) is 9.54. The molecule has 0 bridgehead atoms. The topological polar surface area (TPSA) is 50.7 Å². The van der Waals surface area contributed by atoms with E-state index < -0.39 is 0 Å². The van der Waals surface area contributed by atoms with Crippen LogP contribution in [0.15, 0.2) is 41.0 Å². The van der Waals surface area contributed by atoms with Crippen LogP contribution >= 0.6 is 11.6 Å². The van der Waals surface area contributed by atoms with E-state index in [4.69, 9.17) is 16.3 Å². The van der Waals surface area contributed by atoms with Crippen molar-refractivity contribution in [2.75, 3.05) is 6.61 Å². The molecule has 1 N–H and O–H groups in total. The van der Waals surface area contributed by atoms with Gasteiger partial charge in [-0.05, 0) is 42.3 Å². The molecule has 0 heterocycles. The number of ether oxygens (including phenoxy) is 1. The Balaban J connectivity index is 2.24. The largest absolute Gasteiger partial charge is 0.490 e. The van der Waals surface area contributed by atoms with Gasteiger partial charge in [0.25, 0.3) is 0 Å². The van der Waals surface area contributed by atoms with Crippen molar-refractivity contribution in [3.05, 3.63) is 41.4 Å². The van der Waals surface area contributed by atoms with Crippen LogP contribution in [0.3, 0.4) is 0 Å². The van der Waals surface area contributed by atoms with Crippen molar-refractivity contribution in [2.24, 2.45) is 5.10 Å². The number of unbranched alkanes of at least 4 members (excludes halogenated alkanes) is 4. The number of hydrogen-bond acceptors (Lipinski definition) is 3. The van der Waals surface area contributed by atoms with E-state index in [0.29, 0.717) is 13.0 Å². The lowest BCUT2D eigenvalue weighted by Gasteiger charge is -2.03. The van der Waals surface area contributed by atoms with Crippen LogP contribution in [0.5, 0.6) is 5.75 Å². The van der Waals surface area contributed by atoms with E-state index in [2.05, 4.69) is 17.5 Å². The first-order valence-corrected chi connectivity index (χ1v) is 8.50. The van der Waals surface area contributed by atoms with Crippen molar-refractivity contribution in [3.8, 4) is 5.75 Å². The van der Waals surface area contributed by atoms with E-state index in [1.165, 1.54) is 24.8 Å². The van der Waals surface area contributed by atoms with Crippen molar-refractivity contribution >= 4 is 23.7 Å². The summed E-state index contributed by atoms with van der Waals surface area (Å²) in [5, 5.41) is 3.97. The summed E-state index contributed by atoms with van der Waals surface area (Å²) in [7, 11) is 0. The SMILES string of the molecule is CCCCCCCC(=O)N/N=C\c1ccc(OC/C=C/Cl)cc1. The number of halogens is 1. The molecule has 0 aliphatic rings. The number of nitrogens with zero attached hydrogens (tertiary/aromatic N) is 1. The van der Waals surface area contributed by atoms with Crippen LogP contribution in [0.25, 0.3) is 0 Å². The van der Waals surface area contributed by atoms with Gasteiger partial charge in [-0.15, -0.1) is 0 Å². The summed E-state index contributed by atoms with van der Waals surface area (Å²) < 4.78 is 5.43. The molecule has 0 unspecified atom stereocenters. The lowest BCUT2D eigenvalue weighted by Crippen LogP contribution is -2.16. The molecule has 1 rings (SSSR count). The average molecular weight is 337 g/mol. The first-order chi connectivity index (χ1) is 11.3. The number of nitrogens with one attached hydrogen (secondary N) is 1. The fraction of sp³-hybridized carbons (Fsp3) is 0.444. The van der Waals surface area contributed by atoms with Crippen LogP contribution in [-0.2, 0) is 4.79 Å². The maximum atomic E-state index is 11.6. The van der Waals surface area contributed by atoms with E-state index in [-0.39, 0.29) is 5.91 Å². The van der Waals surface area contributed by atoms with Crippen LogP contribution in [0.2, 0.25) is 0 Å². The summed E-state index contributed by atoms with van der Waals surface area (Å²) in [6, 6.07) is 7.44.